The molecule has 2 heterocycles. The van der Waals surface area contributed by atoms with Crippen LogP contribution in [0, 0.1) is 11.3 Å². The van der Waals surface area contributed by atoms with Crippen LogP contribution in [-0.2, 0) is 25.5 Å². The molecule has 146 valence electrons. The number of amides is 2. The van der Waals surface area contributed by atoms with Gasteiger partial charge in [0, 0.05) is 38.4 Å². The Morgan fingerprint density at radius 2 is 1.93 bits per heavy atom. The number of hydrogen-bond acceptors (Lipinski definition) is 4. The molecule has 0 radical (unpaired) electrons. The molecule has 0 aliphatic carbocycles. The monoisotopic (exact) mass is 374 g/mol. The van der Waals surface area contributed by atoms with E-state index in [9.17, 15) is 19.5 Å². The molecule has 7 heteroatoms. The number of carbonyl (C=O) groups excluding carboxylic acids is 2. The standard InChI is InChI=1S/C20H26N2O5/c1-2-14-3-5-16(6-4-14)22-12-15(11-17(22)23)18(24)21-13-20(19(25)26)7-9-27-10-8-20/h3-6,15H,2,7-13H2,1H3,(H,21,24)(H,25,26). The molecule has 7 nitrogen and oxygen atoms in total. The minimum Gasteiger partial charge on any atom is -0.481 e. The topological polar surface area (TPSA) is 95.9 Å². The van der Waals surface area contributed by atoms with Crippen molar-refractivity contribution in [2.24, 2.45) is 11.3 Å². The fourth-order valence-corrected chi connectivity index (χ4v) is 3.67. The van der Waals surface area contributed by atoms with Gasteiger partial charge < -0.3 is 20.1 Å². The number of carboxylic acid groups (broad SMARTS) is 1. The number of nitrogens with zero attached hydrogens (tertiary/aromatic N) is 1. The summed E-state index contributed by atoms with van der Waals surface area (Å²) in [6.07, 6.45) is 1.82. The first-order valence-corrected chi connectivity index (χ1v) is 9.43. The molecule has 2 N–H and O–H groups in total. The molecule has 1 atom stereocenters. The number of hydrogen-bond donors (Lipinski definition) is 2. The number of rotatable bonds is 6. The molecular weight excluding hydrogens is 348 g/mol. The van der Waals surface area contributed by atoms with Gasteiger partial charge in [0.25, 0.3) is 0 Å². The zero-order valence-corrected chi connectivity index (χ0v) is 15.6. The molecule has 2 aliphatic rings. The van der Waals surface area contributed by atoms with Crippen LogP contribution in [0.3, 0.4) is 0 Å². The molecule has 3 rings (SSSR count). The molecular formula is C20H26N2O5. The van der Waals surface area contributed by atoms with E-state index in [1.165, 1.54) is 5.56 Å². The molecule has 0 aromatic heterocycles. The smallest absolute Gasteiger partial charge is 0.311 e. The van der Waals surface area contributed by atoms with Gasteiger partial charge in [0.1, 0.15) is 0 Å². The molecule has 0 bridgehead atoms. The van der Waals surface area contributed by atoms with Crippen molar-refractivity contribution in [3.63, 3.8) is 0 Å². The van der Waals surface area contributed by atoms with Gasteiger partial charge in [0.2, 0.25) is 11.8 Å². The number of ether oxygens (including phenoxy) is 1. The molecule has 1 unspecified atom stereocenters. The summed E-state index contributed by atoms with van der Waals surface area (Å²) in [5, 5.41) is 12.3. The highest BCUT2D eigenvalue weighted by atomic mass is 16.5. The number of nitrogens with one attached hydrogen (secondary N) is 1. The van der Waals surface area contributed by atoms with Gasteiger partial charge in [0.05, 0.1) is 11.3 Å². The maximum Gasteiger partial charge on any atom is 0.311 e. The minimum absolute atomic E-state index is 0.0699. The molecule has 0 spiro atoms. The van der Waals surface area contributed by atoms with Crippen molar-refractivity contribution in [3.8, 4) is 0 Å². The molecule has 2 amide bonds. The first kappa shape index (κ1) is 19.4. The van der Waals surface area contributed by atoms with E-state index in [4.69, 9.17) is 4.74 Å². The van der Waals surface area contributed by atoms with E-state index in [2.05, 4.69) is 12.2 Å². The Kier molecular flexibility index (Phi) is 5.79. The van der Waals surface area contributed by atoms with Crippen LogP contribution in [0.25, 0.3) is 0 Å². The second-order valence-corrected chi connectivity index (χ2v) is 7.34. The van der Waals surface area contributed by atoms with Crippen molar-refractivity contribution in [2.45, 2.75) is 32.6 Å². The summed E-state index contributed by atoms with van der Waals surface area (Å²) in [4.78, 5) is 38.2. The van der Waals surface area contributed by atoms with Crippen molar-refractivity contribution in [1.82, 2.24) is 5.32 Å². The van der Waals surface area contributed by atoms with Gasteiger partial charge in [-0.1, -0.05) is 19.1 Å². The number of benzene rings is 1. The Labute approximate surface area is 158 Å². The summed E-state index contributed by atoms with van der Waals surface area (Å²) in [6.45, 7) is 3.22. The predicted molar refractivity (Wildman–Crippen MR) is 99.4 cm³/mol. The summed E-state index contributed by atoms with van der Waals surface area (Å²) in [6, 6.07) is 7.77. The van der Waals surface area contributed by atoms with Crippen LogP contribution < -0.4 is 10.2 Å². The van der Waals surface area contributed by atoms with E-state index in [1.807, 2.05) is 24.3 Å². The van der Waals surface area contributed by atoms with Crippen molar-refractivity contribution >= 4 is 23.5 Å². The van der Waals surface area contributed by atoms with Crippen molar-refractivity contribution < 1.29 is 24.2 Å². The van der Waals surface area contributed by atoms with Crippen LogP contribution in [-0.4, -0.2) is 49.2 Å². The van der Waals surface area contributed by atoms with Gasteiger partial charge in [-0.25, -0.2) is 0 Å². The zero-order chi connectivity index (χ0) is 19.4. The number of aryl methyl sites for hydroxylation is 1. The Hall–Kier alpha value is -2.41. The van der Waals surface area contributed by atoms with Gasteiger partial charge in [-0.2, -0.15) is 0 Å². The van der Waals surface area contributed by atoms with E-state index in [0.717, 1.165) is 12.1 Å². The highest BCUT2D eigenvalue weighted by molar-refractivity contribution is 6.00. The summed E-state index contributed by atoms with van der Waals surface area (Å²) in [5.74, 6) is -1.72. The van der Waals surface area contributed by atoms with Crippen LogP contribution in [0.1, 0.15) is 31.7 Å². The lowest BCUT2D eigenvalue weighted by molar-refractivity contribution is -0.154. The number of aliphatic carboxylic acids is 1. The Morgan fingerprint density at radius 3 is 2.52 bits per heavy atom. The van der Waals surface area contributed by atoms with Crippen LogP contribution in [0.4, 0.5) is 5.69 Å². The first-order valence-electron chi connectivity index (χ1n) is 9.43. The second-order valence-electron chi connectivity index (χ2n) is 7.34. The third kappa shape index (κ3) is 4.13. The Balaban J connectivity index is 1.60. The third-order valence-corrected chi connectivity index (χ3v) is 5.66. The lowest BCUT2D eigenvalue weighted by Crippen LogP contribution is -2.48. The van der Waals surface area contributed by atoms with Crippen LogP contribution in [0.15, 0.2) is 24.3 Å². The summed E-state index contributed by atoms with van der Waals surface area (Å²) >= 11 is 0. The average molecular weight is 374 g/mol. The normalized spacial score (nSPS) is 21.9. The number of anilines is 1. The largest absolute Gasteiger partial charge is 0.481 e. The molecule has 0 saturated carbocycles. The summed E-state index contributed by atoms with van der Waals surface area (Å²) in [7, 11) is 0. The predicted octanol–water partition coefficient (Wildman–Crippen LogP) is 1.60. The molecule has 27 heavy (non-hydrogen) atoms. The number of carbonyl (C=O) groups is 3. The van der Waals surface area contributed by atoms with Gasteiger partial charge in [-0.3, -0.25) is 14.4 Å². The van der Waals surface area contributed by atoms with Crippen molar-refractivity contribution in [2.75, 3.05) is 31.2 Å². The Morgan fingerprint density at radius 1 is 1.26 bits per heavy atom. The van der Waals surface area contributed by atoms with E-state index >= 15 is 0 Å². The first-order chi connectivity index (χ1) is 12.9. The Bertz CT molecular complexity index is 710. The third-order valence-electron chi connectivity index (χ3n) is 5.66. The van der Waals surface area contributed by atoms with Crippen LogP contribution in [0.5, 0.6) is 0 Å². The fraction of sp³-hybridized carbons (Fsp3) is 0.550. The molecule has 1 aromatic rings. The zero-order valence-electron chi connectivity index (χ0n) is 15.6. The number of carboxylic acids is 1. The summed E-state index contributed by atoms with van der Waals surface area (Å²) in [5.41, 5.74) is 1.00. The van der Waals surface area contributed by atoms with Gasteiger partial charge in [-0.15, -0.1) is 0 Å². The fourth-order valence-electron chi connectivity index (χ4n) is 3.67. The lowest BCUT2D eigenvalue weighted by atomic mass is 9.80. The SMILES string of the molecule is CCc1ccc(N2CC(C(=O)NCC3(C(=O)O)CCOCC3)CC2=O)cc1. The van der Waals surface area contributed by atoms with E-state index in [0.29, 0.717) is 32.6 Å². The lowest BCUT2D eigenvalue weighted by Gasteiger charge is -2.33. The van der Waals surface area contributed by atoms with Gasteiger partial charge in [-0.05, 0) is 37.0 Å². The van der Waals surface area contributed by atoms with E-state index in [-0.39, 0.29) is 24.8 Å². The van der Waals surface area contributed by atoms with E-state index in [1.54, 1.807) is 4.90 Å². The maximum atomic E-state index is 12.6. The van der Waals surface area contributed by atoms with Crippen LogP contribution in [0.2, 0.25) is 0 Å². The maximum absolute atomic E-state index is 12.6. The second kappa shape index (κ2) is 8.08. The quantitative estimate of drug-likeness (QED) is 0.788. The van der Waals surface area contributed by atoms with Gasteiger partial charge >= 0.3 is 5.97 Å². The molecule has 1 aromatic carbocycles. The summed E-state index contributed by atoms with van der Waals surface area (Å²) < 4.78 is 5.25. The molecule has 2 aliphatic heterocycles. The molecule has 2 saturated heterocycles. The average Bonchev–Trinajstić information content (AvgIpc) is 3.08. The van der Waals surface area contributed by atoms with Crippen LogP contribution >= 0.6 is 0 Å². The highest BCUT2D eigenvalue weighted by Crippen LogP contribution is 2.31. The van der Waals surface area contributed by atoms with Crippen molar-refractivity contribution in [3.05, 3.63) is 29.8 Å². The molecule has 2 fully saturated rings. The van der Waals surface area contributed by atoms with E-state index < -0.39 is 17.3 Å². The highest BCUT2D eigenvalue weighted by Gasteiger charge is 2.42. The van der Waals surface area contributed by atoms with Crippen molar-refractivity contribution in [1.29, 1.82) is 0 Å². The minimum atomic E-state index is -0.980. The van der Waals surface area contributed by atoms with Gasteiger partial charge in [0.15, 0.2) is 0 Å².